The van der Waals surface area contributed by atoms with Crippen molar-refractivity contribution in [3.63, 3.8) is 0 Å². The van der Waals surface area contributed by atoms with E-state index in [-0.39, 0.29) is 12.8 Å². The van der Waals surface area contributed by atoms with Crippen molar-refractivity contribution in [1.82, 2.24) is 0 Å². The molecule has 0 unspecified atom stereocenters. The van der Waals surface area contributed by atoms with E-state index in [1.54, 1.807) is 6.92 Å². The zero-order valence-corrected chi connectivity index (χ0v) is 9.26. The van der Waals surface area contributed by atoms with Gasteiger partial charge < -0.3 is 9.84 Å². The molecule has 1 rings (SSSR count). The first-order chi connectivity index (χ1) is 7.66. The second-order valence-electron chi connectivity index (χ2n) is 2.85. The van der Waals surface area contributed by atoms with Crippen molar-refractivity contribution >= 4 is 11.9 Å². The molecule has 88 valence electrons. The Morgan fingerprint density at radius 1 is 1.00 bits per heavy atom. The number of carbonyl (C=O) groups excluding carboxylic acids is 1. The van der Waals surface area contributed by atoms with E-state index in [9.17, 15) is 9.59 Å². The van der Waals surface area contributed by atoms with E-state index in [4.69, 9.17) is 5.11 Å². The van der Waals surface area contributed by atoms with Crippen molar-refractivity contribution < 1.29 is 19.4 Å². The largest absolute Gasteiger partial charge is 0.481 e. The number of carboxylic acid groups (broad SMARTS) is 1. The van der Waals surface area contributed by atoms with Gasteiger partial charge in [0.15, 0.2) is 0 Å². The highest BCUT2D eigenvalue weighted by atomic mass is 16.5. The van der Waals surface area contributed by atoms with Gasteiger partial charge in [0, 0.05) is 0 Å². The molecule has 1 aromatic carbocycles. The first-order valence-electron chi connectivity index (χ1n) is 5.04. The molecular weight excluding hydrogens is 208 g/mol. The summed E-state index contributed by atoms with van der Waals surface area (Å²) in [5, 5.41) is 8.12. The molecule has 1 aromatic rings. The lowest BCUT2D eigenvalue weighted by Gasteiger charge is -1.97. The summed E-state index contributed by atoms with van der Waals surface area (Å²) in [6, 6.07) is 12.0. The molecule has 0 aromatic heterocycles. The van der Waals surface area contributed by atoms with Gasteiger partial charge >= 0.3 is 11.9 Å². The van der Waals surface area contributed by atoms with Crippen LogP contribution in [0.1, 0.15) is 19.8 Å². The average molecular weight is 224 g/mol. The smallest absolute Gasteiger partial charge is 0.306 e. The number of rotatable bonds is 4. The lowest BCUT2D eigenvalue weighted by Crippen LogP contribution is -2.06. The van der Waals surface area contributed by atoms with Crippen LogP contribution in [0.5, 0.6) is 0 Å². The van der Waals surface area contributed by atoms with E-state index < -0.39 is 11.9 Å². The molecule has 0 saturated carbocycles. The minimum Gasteiger partial charge on any atom is -0.481 e. The zero-order valence-electron chi connectivity index (χ0n) is 9.26. The van der Waals surface area contributed by atoms with Gasteiger partial charge in [0.1, 0.15) is 0 Å². The number of esters is 1. The third-order valence-corrected chi connectivity index (χ3v) is 1.51. The van der Waals surface area contributed by atoms with Gasteiger partial charge in [-0.15, -0.1) is 0 Å². The number of ether oxygens (including phenoxy) is 1. The Morgan fingerprint density at radius 3 is 1.75 bits per heavy atom. The number of hydrogen-bond acceptors (Lipinski definition) is 3. The van der Waals surface area contributed by atoms with Crippen molar-refractivity contribution in [3.8, 4) is 0 Å². The number of benzene rings is 1. The van der Waals surface area contributed by atoms with Crippen molar-refractivity contribution in [1.29, 1.82) is 0 Å². The topological polar surface area (TPSA) is 63.6 Å². The van der Waals surface area contributed by atoms with Crippen LogP contribution in [-0.4, -0.2) is 23.7 Å². The van der Waals surface area contributed by atoms with E-state index in [0.29, 0.717) is 6.61 Å². The Bertz CT molecular complexity index is 268. The second kappa shape index (κ2) is 9.71. The molecule has 0 amide bonds. The predicted molar refractivity (Wildman–Crippen MR) is 59.9 cm³/mol. The number of aliphatic carboxylic acids is 1. The fourth-order valence-corrected chi connectivity index (χ4v) is 0.827. The van der Waals surface area contributed by atoms with Crippen LogP contribution in [-0.2, 0) is 14.3 Å². The zero-order chi connectivity index (χ0) is 12.2. The molecule has 4 heteroatoms. The Morgan fingerprint density at radius 2 is 1.44 bits per heavy atom. The standard InChI is InChI=1S/C6H10O4.C6H6/c1-2-10-6(9)4-3-5(7)8;1-2-4-6-5-3-1/h2-4H2,1H3,(H,7,8);1-6H. The van der Waals surface area contributed by atoms with Crippen molar-refractivity contribution in [3.05, 3.63) is 36.4 Å². The molecule has 0 fully saturated rings. The maximum Gasteiger partial charge on any atom is 0.306 e. The Labute approximate surface area is 94.9 Å². The van der Waals surface area contributed by atoms with E-state index in [2.05, 4.69) is 4.74 Å². The molecule has 0 aliphatic rings. The monoisotopic (exact) mass is 224 g/mol. The Balaban J connectivity index is 0.000000315. The molecule has 0 aliphatic carbocycles. The van der Waals surface area contributed by atoms with Crippen LogP contribution in [0.25, 0.3) is 0 Å². The van der Waals surface area contributed by atoms with Gasteiger partial charge in [0.05, 0.1) is 19.4 Å². The van der Waals surface area contributed by atoms with Crippen molar-refractivity contribution in [2.45, 2.75) is 19.8 Å². The van der Waals surface area contributed by atoms with Crippen LogP contribution in [0.2, 0.25) is 0 Å². The summed E-state index contributed by atoms with van der Waals surface area (Å²) in [4.78, 5) is 20.4. The first-order valence-corrected chi connectivity index (χ1v) is 5.04. The molecule has 0 aliphatic heterocycles. The van der Waals surface area contributed by atoms with Gasteiger partial charge in [-0.1, -0.05) is 36.4 Å². The normalized spacial score (nSPS) is 8.56. The van der Waals surface area contributed by atoms with Crippen LogP contribution in [0.4, 0.5) is 0 Å². The first kappa shape index (κ1) is 14.2. The minimum atomic E-state index is -0.979. The summed E-state index contributed by atoms with van der Waals surface area (Å²) in [6.07, 6.45) is -0.192. The molecule has 1 N–H and O–H groups in total. The molecule has 0 saturated heterocycles. The van der Waals surface area contributed by atoms with Crippen LogP contribution in [0.3, 0.4) is 0 Å². The number of carbonyl (C=O) groups is 2. The predicted octanol–water partition coefficient (Wildman–Crippen LogP) is 2.10. The van der Waals surface area contributed by atoms with Gasteiger partial charge in [0.25, 0.3) is 0 Å². The maximum absolute atomic E-state index is 10.5. The van der Waals surface area contributed by atoms with Crippen LogP contribution in [0.15, 0.2) is 36.4 Å². The van der Waals surface area contributed by atoms with E-state index in [1.807, 2.05) is 36.4 Å². The lowest BCUT2D eigenvalue weighted by molar-refractivity contribution is -0.147. The lowest BCUT2D eigenvalue weighted by atomic mass is 10.3. The number of carboxylic acids is 1. The van der Waals surface area contributed by atoms with Crippen molar-refractivity contribution in [2.24, 2.45) is 0 Å². The summed E-state index contributed by atoms with van der Waals surface area (Å²) >= 11 is 0. The highest BCUT2D eigenvalue weighted by Gasteiger charge is 2.04. The van der Waals surface area contributed by atoms with Crippen LogP contribution >= 0.6 is 0 Å². The SMILES string of the molecule is CCOC(=O)CCC(=O)O.c1ccccc1. The van der Waals surface area contributed by atoms with Crippen LogP contribution in [0, 0.1) is 0 Å². The minimum absolute atomic E-state index is 0.0385. The molecule has 0 spiro atoms. The van der Waals surface area contributed by atoms with Crippen LogP contribution < -0.4 is 0 Å². The average Bonchev–Trinajstić information content (AvgIpc) is 2.30. The number of hydrogen-bond donors (Lipinski definition) is 1. The van der Waals surface area contributed by atoms with Crippen molar-refractivity contribution in [2.75, 3.05) is 6.61 Å². The fourth-order valence-electron chi connectivity index (χ4n) is 0.827. The second-order valence-corrected chi connectivity index (χ2v) is 2.85. The van der Waals surface area contributed by atoms with E-state index in [1.165, 1.54) is 0 Å². The highest BCUT2D eigenvalue weighted by Crippen LogP contribution is 1.91. The fraction of sp³-hybridized carbons (Fsp3) is 0.333. The summed E-state index contributed by atoms with van der Waals surface area (Å²) in [5.41, 5.74) is 0. The quantitative estimate of drug-likeness (QED) is 0.795. The molecular formula is C12H16O4. The third-order valence-electron chi connectivity index (χ3n) is 1.51. The summed E-state index contributed by atoms with van der Waals surface area (Å²) in [7, 11) is 0. The molecule has 0 bridgehead atoms. The van der Waals surface area contributed by atoms with Gasteiger partial charge in [0.2, 0.25) is 0 Å². The summed E-state index contributed by atoms with van der Waals surface area (Å²) in [6.45, 7) is 1.98. The molecule has 0 heterocycles. The highest BCUT2D eigenvalue weighted by molar-refractivity contribution is 5.76. The Hall–Kier alpha value is -1.84. The molecule has 4 nitrogen and oxygen atoms in total. The van der Waals surface area contributed by atoms with E-state index in [0.717, 1.165) is 0 Å². The van der Waals surface area contributed by atoms with Gasteiger partial charge in [-0.05, 0) is 6.92 Å². The van der Waals surface area contributed by atoms with E-state index >= 15 is 0 Å². The molecule has 16 heavy (non-hydrogen) atoms. The summed E-state index contributed by atoms with van der Waals surface area (Å²) in [5.74, 6) is -1.43. The molecule has 0 atom stereocenters. The van der Waals surface area contributed by atoms with Gasteiger partial charge in [-0.25, -0.2) is 0 Å². The Kier molecular flexibility index (Phi) is 8.59. The maximum atomic E-state index is 10.5. The molecule has 0 radical (unpaired) electrons. The van der Waals surface area contributed by atoms with Gasteiger partial charge in [-0.2, -0.15) is 0 Å². The third kappa shape index (κ3) is 10.2. The summed E-state index contributed by atoms with van der Waals surface area (Å²) < 4.78 is 4.49. The van der Waals surface area contributed by atoms with Gasteiger partial charge in [-0.3, -0.25) is 9.59 Å².